The highest BCUT2D eigenvalue weighted by Crippen LogP contribution is 2.50. The van der Waals surface area contributed by atoms with Gasteiger partial charge in [0.25, 0.3) is 0 Å². The van der Waals surface area contributed by atoms with Gasteiger partial charge in [0, 0.05) is 17.6 Å². The Balaban J connectivity index is 0.00000192. The standard InChI is InChI=1S/C23H25N3O.ClH/c1-15-8-10-16(11-9-15)19-14-18-12-13-20(26(18)2)21(19)23-25-24-22(27-23)17-6-4-3-5-7-17;/h3-11,18-21H,12-14H2,1-2H3;1H/t18?,19-,20?,21+;/m1./s1. The van der Waals surface area contributed by atoms with Crippen molar-refractivity contribution in [1.29, 1.82) is 0 Å². The molecule has 2 fully saturated rings. The molecule has 0 aliphatic carbocycles. The molecular weight excluding hydrogens is 370 g/mol. The summed E-state index contributed by atoms with van der Waals surface area (Å²) in [4.78, 5) is 2.54. The maximum absolute atomic E-state index is 6.23. The molecule has 3 heterocycles. The van der Waals surface area contributed by atoms with Gasteiger partial charge in [-0.1, -0.05) is 48.0 Å². The lowest BCUT2D eigenvalue weighted by atomic mass is 9.76. The lowest BCUT2D eigenvalue weighted by Crippen LogP contribution is -2.44. The number of fused-ring (bicyclic) bond motifs is 2. The summed E-state index contributed by atoms with van der Waals surface area (Å²) in [6, 6.07) is 20.2. The van der Waals surface area contributed by atoms with Gasteiger partial charge < -0.3 is 4.42 Å². The number of nitrogens with zero attached hydrogens (tertiary/aromatic N) is 3. The lowest BCUT2D eigenvalue weighted by Gasteiger charge is -2.41. The predicted octanol–water partition coefficient (Wildman–Crippen LogP) is 5.20. The van der Waals surface area contributed by atoms with Gasteiger partial charge in [-0.25, -0.2) is 0 Å². The Labute approximate surface area is 172 Å². The Bertz CT molecular complexity index is 925. The number of piperidine rings is 1. The van der Waals surface area contributed by atoms with Crippen LogP contribution in [-0.4, -0.2) is 34.2 Å². The van der Waals surface area contributed by atoms with Crippen LogP contribution in [0.25, 0.3) is 11.5 Å². The smallest absolute Gasteiger partial charge is 0.247 e. The first-order chi connectivity index (χ1) is 13.2. The number of hydrogen-bond acceptors (Lipinski definition) is 4. The predicted molar refractivity (Wildman–Crippen MR) is 113 cm³/mol. The molecule has 5 rings (SSSR count). The van der Waals surface area contributed by atoms with Gasteiger partial charge >= 0.3 is 0 Å². The first-order valence-corrected chi connectivity index (χ1v) is 9.88. The van der Waals surface area contributed by atoms with Gasteiger partial charge in [-0.2, -0.15) is 0 Å². The van der Waals surface area contributed by atoms with Crippen LogP contribution in [0.4, 0.5) is 0 Å². The van der Waals surface area contributed by atoms with Crippen LogP contribution in [-0.2, 0) is 0 Å². The summed E-state index contributed by atoms with van der Waals surface area (Å²) in [6.45, 7) is 2.14. The van der Waals surface area contributed by atoms with Crippen LogP contribution in [0.5, 0.6) is 0 Å². The summed E-state index contributed by atoms with van der Waals surface area (Å²) in [6.07, 6.45) is 3.63. The average molecular weight is 396 g/mol. The van der Waals surface area contributed by atoms with E-state index in [4.69, 9.17) is 4.42 Å². The number of halogens is 1. The summed E-state index contributed by atoms with van der Waals surface area (Å²) in [5.74, 6) is 2.09. The molecule has 2 unspecified atom stereocenters. The zero-order valence-electron chi connectivity index (χ0n) is 16.3. The van der Waals surface area contributed by atoms with E-state index in [9.17, 15) is 0 Å². The molecule has 2 saturated heterocycles. The molecule has 2 aromatic carbocycles. The fourth-order valence-corrected chi connectivity index (χ4v) is 5.03. The molecule has 0 spiro atoms. The fraction of sp³-hybridized carbons (Fsp3) is 0.391. The Hall–Kier alpha value is -2.17. The second-order valence-corrected chi connectivity index (χ2v) is 8.05. The van der Waals surface area contributed by atoms with Gasteiger partial charge in [0.1, 0.15) is 0 Å². The average Bonchev–Trinajstić information content (AvgIpc) is 3.26. The molecule has 0 radical (unpaired) electrons. The minimum Gasteiger partial charge on any atom is -0.420 e. The molecular formula is C23H26ClN3O. The Morgan fingerprint density at radius 3 is 2.46 bits per heavy atom. The van der Waals surface area contributed by atoms with E-state index in [-0.39, 0.29) is 18.3 Å². The van der Waals surface area contributed by atoms with Crippen molar-refractivity contribution in [3.63, 3.8) is 0 Å². The topological polar surface area (TPSA) is 42.2 Å². The largest absolute Gasteiger partial charge is 0.420 e. The highest BCUT2D eigenvalue weighted by molar-refractivity contribution is 5.85. The van der Waals surface area contributed by atoms with E-state index < -0.39 is 0 Å². The molecule has 3 aromatic rings. The third kappa shape index (κ3) is 3.25. The van der Waals surface area contributed by atoms with E-state index in [2.05, 4.69) is 53.3 Å². The van der Waals surface area contributed by atoms with Crippen molar-refractivity contribution in [2.24, 2.45) is 0 Å². The highest BCUT2D eigenvalue weighted by Gasteiger charge is 2.48. The molecule has 0 amide bonds. The molecule has 0 saturated carbocycles. The van der Waals surface area contributed by atoms with Crippen LogP contribution in [0.15, 0.2) is 59.0 Å². The van der Waals surface area contributed by atoms with Crippen LogP contribution in [0.1, 0.15) is 48.1 Å². The van der Waals surface area contributed by atoms with Crippen molar-refractivity contribution in [3.05, 3.63) is 71.6 Å². The first kappa shape index (κ1) is 19.2. The number of aromatic nitrogens is 2. The van der Waals surface area contributed by atoms with Crippen LogP contribution >= 0.6 is 12.4 Å². The summed E-state index contributed by atoms with van der Waals surface area (Å²) in [5.41, 5.74) is 3.68. The van der Waals surface area contributed by atoms with E-state index in [0.29, 0.717) is 23.9 Å². The normalized spacial score (nSPS) is 26.8. The second kappa shape index (κ2) is 7.69. The highest BCUT2D eigenvalue weighted by atomic mass is 35.5. The van der Waals surface area contributed by atoms with Crippen molar-refractivity contribution in [2.75, 3.05) is 7.05 Å². The van der Waals surface area contributed by atoms with Crippen LogP contribution in [0, 0.1) is 6.92 Å². The van der Waals surface area contributed by atoms with Crippen molar-refractivity contribution in [3.8, 4) is 11.5 Å². The van der Waals surface area contributed by atoms with Gasteiger partial charge in [-0.05, 0) is 56.8 Å². The molecule has 28 heavy (non-hydrogen) atoms. The molecule has 2 aliphatic rings. The monoisotopic (exact) mass is 395 g/mol. The van der Waals surface area contributed by atoms with E-state index in [0.717, 1.165) is 17.9 Å². The summed E-state index contributed by atoms with van der Waals surface area (Å²) < 4.78 is 6.23. The van der Waals surface area contributed by atoms with Crippen LogP contribution < -0.4 is 0 Å². The molecule has 146 valence electrons. The first-order valence-electron chi connectivity index (χ1n) is 9.88. The fourth-order valence-electron chi connectivity index (χ4n) is 5.03. The summed E-state index contributed by atoms with van der Waals surface area (Å²) in [7, 11) is 2.26. The molecule has 1 aromatic heterocycles. The maximum Gasteiger partial charge on any atom is 0.247 e. The SMILES string of the molecule is Cc1ccc([C@H]2CC3CCC([C@H]2c2nnc(-c4ccccc4)o2)N3C)cc1.Cl. The minimum atomic E-state index is 0. The number of aryl methyl sites for hydroxylation is 1. The van der Waals surface area contributed by atoms with E-state index in [1.54, 1.807) is 0 Å². The second-order valence-electron chi connectivity index (χ2n) is 8.05. The van der Waals surface area contributed by atoms with Gasteiger partial charge in [-0.3, -0.25) is 4.90 Å². The van der Waals surface area contributed by atoms with Gasteiger partial charge in [0.2, 0.25) is 11.8 Å². The van der Waals surface area contributed by atoms with Gasteiger partial charge in [-0.15, -0.1) is 22.6 Å². The van der Waals surface area contributed by atoms with Crippen LogP contribution in [0.2, 0.25) is 0 Å². The number of benzene rings is 2. The number of likely N-dealkylation sites (N-methyl/N-ethyl adjacent to an activating group) is 1. The van der Waals surface area contributed by atoms with Crippen molar-refractivity contribution < 1.29 is 4.42 Å². The third-order valence-electron chi connectivity index (χ3n) is 6.52. The molecule has 4 atom stereocenters. The van der Waals surface area contributed by atoms with Crippen molar-refractivity contribution >= 4 is 12.4 Å². The van der Waals surface area contributed by atoms with E-state index in [1.165, 1.54) is 24.0 Å². The molecule has 5 heteroatoms. The zero-order valence-corrected chi connectivity index (χ0v) is 17.1. The molecule has 4 nitrogen and oxygen atoms in total. The Morgan fingerprint density at radius 2 is 1.71 bits per heavy atom. The maximum atomic E-state index is 6.23. The minimum absolute atomic E-state index is 0. The third-order valence-corrected chi connectivity index (χ3v) is 6.52. The van der Waals surface area contributed by atoms with Crippen molar-refractivity contribution in [2.45, 2.75) is 50.1 Å². The summed E-state index contributed by atoms with van der Waals surface area (Å²) in [5, 5.41) is 8.89. The van der Waals surface area contributed by atoms with Gasteiger partial charge in [0.15, 0.2) is 0 Å². The number of rotatable bonds is 3. The Kier molecular flexibility index (Phi) is 5.26. The zero-order chi connectivity index (χ0) is 18.4. The summed E-state index contributed by atoms with van der Waals surface area (Å²) >= 11 is 0. The van der Waals surface area contributed by atoms with Crippen LogP contribution in [0.3, 0.4) is 0 Å². The Morgan fingerprint density at radius 1 is 0.964 bits per heavy atom. The number of hydrogen-bond donors (Lipinski definition) is 0. The van der Waals surface area contributed by atoms with Crippen molar-refractivity contribution in [1.82, 2.24) is 15.1 Å². The van der Waals surface area contributed by atoms with E-state index >= 15 is 0 Å². The van der Waals surface area contributed by atoms with E-state index in [1.807, 2.05) is 30.3 Å². The molecule has 2 aliphatic heterocycles. The lowest BCUT2D eigenvalue weighted by molar-refractivity contribution is 0.124. The molecule has 0 N–H and O–H groups in total. The molecule has 2 bridgehead atoms. The van der Waals surface area contributed by atoms with Gasteiger partial charge in [0.05, 0.1) is 5.92 Å². The quantitative estimate of drug-likeness (QED) is 0.611.